The van der Waals surface area contributed by atoms with Gasteiger partial charge in [0.05, 0.1) is 0 Å². The Kier molecular flexibility index (Phi) is 6.50. The fraction of sp³-hybridized carbons (Fsp3) is 0.615. The van der Waals surface area contributed by atoms with Crippen molar-refractivity contribution in [2.24, 2.45) is 0 Å². The first kappa shape index (κ1) is 13.5. The first-order valence-corrected chi connectivity index (χ1v) is 7.35. The van der Waals surface area contributed by atoms with Crippen molar-refractivity contribution in [2.75, 3.05) is 18.6 Å². The fourth-order valence-corrected chi connectivity index (χ4v) is 2.36. The number of rotatable bonds is 7. The minimum atomic E-state index is 0.542. The van der Waals surface area contributed by atoms with E-state index in [0.29, 0.717) is 6.04 Å². The van der Waals surface area contributed by atoms with Crippen molar-refractivity contribution in [3.63, 3.8) is 0 Å². The smallest absolute Gasteiger partial charge is 0.0419 e. The molecule has 0 amide bonds. The third-order valence-corrected chi connectivity index (χ3v) is 3.35. The monoisotopic (exact) mass is 238 g/mol. The lowest BCUT2D eigenvalue weighted by atomic mass is 10.1. The van der Waals surface area contributed by atoms with Crippen LogP contribution in [0, 0.1) is 0 Å². The second-order valence-corrected chi connectivity index (χ2v) is 4.84. The molecule has 90 valence electrons. The highest BCUT2D eigenvalue weighted by atomic mass is 32.2. The Labute approximate surface area is 103 Å². The number of nitrogens with one attached hydrogen (secondary N) is 1. The topological polar surface area (TPSA) is 24.9 Å². The van der Waals surface area contributed by atoms with Gasteiger partial charge in [0.1, 0.15) is 0 Å². The quantitative estimate of drug-likeness (QED) is 0.790. The summed E-state index contributed by atoms with van der Waals surface area (Å²) in [6.45, 7) is 5.34. The molecule has 0 saturated heterocycles. The van der Waals surface area contributed by atoms with Crippen LogP contribution in [-0.4, -0.2) is 29.6 Å². The van der Waals surface area contributed by atoms with E-state index >= 15 is 0 Å². The second-order valence-electron chi connectivity index (χ2n) is 3.93. The van der Waals surface area contributed by atoms with E-state index in [-0.39, 0.29) is 0 Å². The van der Waals surface area contributed by atoms with Crippen LogP contribution in [0.25, 0.3) is 0 Å². The van der Waals surface area contributed by atoms with Crippen LogP contribution in [0.4, 0.5) is 0 Å². The van der Waals surface area contributed by atoms with Crippen molar-refractivity contribution < 1.29 is 0 Å². The Morgan fingerprint density at radius 2 is 2.19 bits per heavy atom. The molecule has 2 nitrogen and oxygen atoms in total. The number of aryl methyl sites for hydroxylation is 1. The number of hydrogen-bond donors (Lipinski definition) is 1. The Bertz CT molecular complexity index is 278. The predicted octanol–water partition coefficient (Wildman–Crippen LogP) is 2.53. The maximum atomic E-state index is 4.50. The lowest BCUT2D eigenvalue weighted by molar-refractivity contribution is 0.567. The number of likely N-dealkylation sites (N-methyl/N-ethyl adjacent to an activating group) is 1. The van der Waals surface area contributed by atoms with Crippen LogP contribution in [0.5, 0.6) is 0 Å². The van der Waals surface area contributed by atoms with Crippen molar-refractivity contribution in [2.45, 2.75) is 32.7 Å². The zero-order valence-electron chi connectivity index (χ0n) is 10.5. The first-order chi connectivity index (χ1) is 7.80. The van der Waals surface area contributed by atoms with Crippen LogP contribution in [0.15, 0.2) is 18.3 Å². The third-order valence-electron chi connectivity index (χ3n) is 2.61. The van der Waals surface area contributed by atoms with Crippen molar-refractivity contribution in [3.05, 3.63) is 29.6 Å². The van der Waals surface area contributed by atoms with Crippen LogP contribution >= 0.6 is 11.8 Å². The number of aromatic nitrogens is 1. The summed E-state index contributed by atoms with van der Waals surface area (Å²) >= 11 is 1.89. The zero-order valence-corrected chi connectivity index (χ0v) is 11.3. The molecule has 0 fully saturated rings. The average molecular weight is 238 g/mol. The normalized spacial score (nSPS) is 12.7. The summed E-state index contributed by atoms with van der Waals surface area (Å²) in [5.41, 5.74) is 2.51. The number of hydrogen-bond acceptors (Lipinski definition) is 3. The summed E-state index contributed by atoms with van der Waals surface area (Å²) in [6, 6.07) is 4.88. The van der Waals surface area contributed by atoms with Gasteiger partial charge >= 0.3 is 0 Å². The maximum absolute atomic E-state index is 4.50. The van der Waals surface area contributed by atoms with Crippen molar-refractivity contribution >= 4 is 11.8 Å². The van der Waals surface area contributed by atoms with Gasteiger partial charge < -0.3 is 5.32 Å². The summed E-state index contributed by atoms with van der Waals surface area (Å²) < 4.78 is 0. The molecule has 1 heterocycles. The number of pyridine rings is 1. The molecule has 1 atom stereocenters. The van der Waals surface area contributed by atoms with E-state index in [9.17, 15) is 0 Å². The molecular formula is C13H22N2S. The Morgan fingerprint density at radius 3 is 2.69 bits per heavy atom. The summed E-state index contributed by atoms with van der Waals surface area (Å²) in [6.07, 6.45) is 6.24. The molecule has 0 saturated carbocycles. The number of thioether (sulfide) groups is 1. The molecule has 0 aromatic carbocycles. The van der Waals surface area contributed by atoms with Crippen LogP contribution in [0.2, 0.25) is 0 Å². The van der Waals surface area contributed by atoms with Gasteiger partial charge in [-0.05, 0) is 30.9 Å². The SMILES string of the molecule is CCNC(CSC)Cc1ccc(CC)cn1. The zero-order chi connectivity index (χ0) is 11.8. The molecule has 0 aliphatic heterocycles. The molecule has 0 aliphatic carbocycles. The molecule has 16 heavy (non-hydrogen) atoms. The summed E-state index contributed by atoms with van der Waals surface area (Å²) in [7, 11) is 0. The van der Waals surface area contributed by atoms with Crippen LogP contribution in [0.1, 0.15) is 25.1 Å². The van der Waals surface area contributed by atoms with Crippen LogP contribution < -0.4 is 5.32 Å². The molecule has 0 spiro atoms. The molecule has 3 heteroatoms. The van der Waals surface area contributed by atoms with E-state index in [0.717, 1.165) is 25.1 Å². The van der Waals surface area contributed by atoms with E-state index in [1.54, 1.807) is 0 Å². The van der Waals surface area contributed by atoms with Gasteiger partial charge in [0, 0.05) is 30.1 Å². The predicted molar refractivity (Wildman–Crippen MR) is 73.2 cm³/mol. The minimum Gasteiger partial charge on any atom is -0.313 e. The van der Waals surface area contributed by atoms with Gasteiger partial charge in [0.15, 0.2) is 0 Å². The van der Waals surface area contributed by atoms with Crippen LogP contribution in [0.3, 0.4) is 0 Å². The van der Waals surface area contributed by atoms with Crippen molar-refractivity contribution in [3.8, 4) is 0 Å². The molecule has 1 N–H and O–H groups in total. The highest BCUT2D eigenvalue weighted by Crippen LogP contribution is 2.07. The molecule has 0 bridgehead atoms. The molecular weight excluding hydrogens is 216 g/mol. The Morgan fingerprint density at radius 1 is 1.38 bits per heavy atom. The van der Waals surface area contributed by atoms with E-state index < -0.39 is 0 Å². The Hall–Kier alpha value is -0.540. The van der Waals surface area contributed by atoms with E-state index in [4.69, 9.17) is 0 Å². The van der Waals surface area contributed by atoms with Gasteiger partial charge in [-0.25, -0.2) is 0 Å². The van der Waals surface area contributed by atoms with Gasteiger partial charge in [0.25, 0.3) is 0 Å². The van der Waals surface area contributed by atoms with Gasteiger partial charge in [-0.1, -0.05) is 19.9 Å². The lowest BCUT2D eigenvalue weighted by Gasteiger charge is -2.16. The summed E-state index contributed by atoms with van der Waals surface area (Å²) in [5, 5.41) is 3.50. The molecule has 0 aliphatic rings. The lowest BCUT2D eigenvalue weighted by Crippen LogP contribution is -2.33. The van der Waals surface area contributed by atoms with Crippen LogP contribution in [-0.2, 0) is 12.8 Å². The first-order valence-electron chi connectivity index (χ1n) is 5.96. The van der Waals surface area contributed by atoms with E-state index in [1.165, 1.54) is 11.3 Å². The standard InChI is InChI=1S/C13H22N2S/c1-4-11-6-7-12(15-9-11)8-13(10-16-3)14-5-2/h6-7,9,13-14H,4-5,8,10H2,1-3H3. The summed E-state index contributed by atoms with van der Waals surface area (Å²) in [5.74, 6) is 1.14. The molecule has 0 radical (unpaired) electrons. The fourth-order valence-electron chi connectivity index (χ4n) is 1.72. The minimum absolute atomic E-state index is 0.542. The van der Waals surface area contributed by atoms with Crippen molar-refractivity contribution in [1.82, 2.24) is 10.3 Å². The number of nitrogens with zero attached hydrogens (tertiary/aromatic N) is 1. The van der Waals surface area contributed by atoms with Gasteiger partial charge in [-0.3, -0.25) is 4.98 Å². The molecule has 1 unspecified atom stereocenters. The van der Waals surface area contributed by atoms with E-state index in [1.807, 2.05) is 18.0 Å². The Balaban J connectivity index is 2.54. The highest BCUT2D eigenvalue weighted by molar-refractivity contribution is 7.98. The molecule has 1 aromatic heterocycles. The molecule has 1 rings (SSSR count). The third kappa shape index (κ3) is 4.54. The van der Waals surface area contributed by atoms with Gasteiger partial charge in [-0.2, -0.15) is 11.8 Å². The van der Waals surface area contributed by atoms with E-state index in [2.05, 4.69) is 42.5 Å². The van der Waals surface area contributed by atoms with Gasteiger partial charge in [0.2, 0.25) is 0 Å². The second kappa shape index (κ2) is 7.69. The van der Waals surface area contributed by atoms with Crippen molar-refractivity contribution in [1.29, 1.82) is 0 Å². The largest absolute Gasteiger partial charge is 0.313 e. The molecule has 1 aromatic rings. The summed E-state index contributed by atoms with van der Waals surface area (Å²) in [4.78, 5) is 4.50. The average Bonchev–Trinajstić information content (AvgIpc) is 2.31. The highest BCUT2D eigenvalue weighted by Gasteiger charge is 2.08. The maximum Gasteiger partial charge on any atom is 0.0419 e. The van der Waals surface area contributed by atoms with Gasteiger partial charge in [-0.15, -0.1) is 0 Å².